The molecule has 7 N–H and O–H groups in total. The number of fused-ring (bicyclic) bond motifs is 14. The maximum absolute atomic E-state index is 13.2. The molecule has 0 spiro atoms. The topological polar surface area (TPSA) is 230 Å². The van der Waals surface area contributed by atoms with Gasteiger partial charge in [0.25, 0.3) is 0 Å². The van der Waals surface area contributed by atoms with Crippen LogP contribution in [0.25, 0.3) is 0 Å². The maximum Gasteiger partial charge on any atom is 1.00 e. The second kappa shape index (κ2) is 38.0. The van der Waals surface area contributed by atoms with Crippen LogP contribution in [-0.2, 0) is 19.1 Å². The van der Waals surface area contributed by atoms with Gasteiger partial charge < -0.3 is 50.3 Å². The molecule has 3 aromatic rings. The number of phenolic OH excluding ortho intramolecular Hbond substituents is 1. The van der Waals surface area contributed by atoms with Crippen LogP contribution in [0.5, 0.6) is 17.2 Å². The van der Waals surface area contributed by atoms with E-state index < -0.39 is 11.9 Å². The van der Waals surface area contributed by atoms with Crippen molar-refractivity contribution in [2.24, 2.45) is 113 Å². The third kappa shape index (κ3) is 19.0. The molecule has 0 radical (unpaired) electrons. The van der Waals surface area contributed by atoms with E-state index in [0.717, 1.165) is 78.4 Å². The molecule has 11 aliphatic rings. The van der Waals surface area contributed by atoms with Gasteiger partial charge in [0.1, 0.15) is 23.1 Å². The summed E-state index contributed by atoms with van der Waals surface area (Å²) >= 11 is 4.74. The Morgan fingerprint density at radius 3 is 1.23 bits per heavy atom. The molecular weight excluding hydrogens is 1460 g/mol. The molecule has 0 heterocycles. The van der Waals surface area contributed by atoms with Crippen LogP contribution in [0.3, 0.4) is 0 Å². The van der Waals surface area contributed by atoms with E-state index in [2.05, 4.69) is 162 Å². The van der Waals surface area contributed by atoms with Gasteiger partial charge in [-0.15, -0.1) is 11.6 Å². The fraction of sp³-hybridized carbons (Fsp3) is 0.747. The number of hydrogen-bond donors (Lipinski definition) is 6. The SMILES string of the molecule is C1CC1.C=C(C)[C@@H]1CC[C@]2(CO)CC[C@]3(C)C(CCC4[C@@]5(C)CC[C@H](O)C(C)(C)C5CC[C@]43C)C12.C=C(C)[C@@H]1CC[C@]2(COC(=O)COc3cc(C(C)C)ccc3C)CC[C@]3(C)C(CCC4[C@@]5(C)CC[C@H](O)C(C)(C)C5CC[C@]43C)C12.Cc1ccc(C(C)C)cc1O.Cc1ccc(C(C)C)cc1OCC(=O)O.O=C(O)CCl.[Na+].[OH-]. The number of alkyl halides is 1. The van der Waals surface area contributed by atoms with Crippen molar-refractivity contribution in [3.63, 3.8) is 0 Å². The summed E-state index contributed by atoms with van der Waals surface area (Å²) in [5.41, 5.74) is 11.2. The number of allylic oxidation sites excluding steroid dienone is 2. The van der Waals surface area contributed by atoms with E-state index in [-0.39, 0.29) is 110 Å². The molecular formula is C99H154ClNaO13. The summed E-state index contributed by atoms with van der Waals surface area (Å²) in [7, 11) is 0. The number of aliphatic hydroxyl groups is 3. The molecule has 14 rings (SSSR count). The largest absolute Gasteiger partial charge is 1.00 e. The van der Waals surface area contributed by atoms with Crippen LogP contribution in [0.4, 0.5) is 0 Å². The summed E-state index contributed by atoms with van der Waals surface area (Å²) in [6.45, 7) is 57.9. The molecule has 636 valence electrons. The first-order valence-corrected chi connectivity index (χ1v) is 44.5. The number of benzene rings is 3. The molecule has 0 amide bonds. The molecule has 11 saturated carbocycles. The van der Waals surface area contributed by atoms with Gasteiger partial charge in [-0.05, 0) is 340 Å². The number of carboxylic acid groups (broad SMARTS) is 2. The summed E-state index contributed by atoms with van der Waals surface area (Å²) < 4.78 is 17.4. The quantitative estimate of drug-likeness (QED) is 0.0360. The Labute approximate surface area is 716 Å². The number of rotatable bonds is 15. The minimum Gasteiger partial charge on any atom is -0.870 e. The van der Waals surface area contributed by atoms with Crippen LogP contribution < -0.4 is 39.0 Å². The number of hydrogen-bond acceptors (Lipinski definition) is 11. The van der Waals surface area contributed by atoms with Crippen LogP contribution in [0.2, 0.25) is 0 Å². The number of carbonyl (C=O) groups excluding carboxylic acids is 1. The molecule has 0 bridgehead atoms. The van der Waals surface area contributed by atoms with Crippen LogP contribution in [-0.4, -0.2) is 98.5 Å². The molecule has 11 fully saturated rings. The van der Waals surface area contributed by atoms with E-state index in [4.69, 9.17) is 36.0 Å². The van der Waals surface area contributed by atoms with Crippen molar-refractivity contribution in [2.75, 3.05) is 32.3 Å². The standard InChI is InChI=1S/C42H64O4.C30H50O2.C12H16O3.C10H14O.C3H6.C2H3ClO2.Na.H2O/c1-26(2)29-12-11-28(5)32(23-29)45-24-36(44)46-25-42-20-15-30(27(3)4)37(42)31-13-14-34-39(8)18-17-35(43)38(6,7)33(39)16-19-41(34,10)40(31,9)21-22-42;1-19(2)20-10-15-30(18-31)17-16-28(6)21(25(20)30)8-9-23-27(5)13-12-24(32)26(3,4)22(27)11-14-29(23,28)7;1-8(2)10-5-4-9(3)11(6-10)15-7-12(13)14;1-7(2)9-5-4-8(3)10(11)6-9;1-2-3-1;3-1-2(4)5;;/h11-12,23,26,30-31,33-35,37,43H,3,13-22,24-25H2,1-2,4-10H3;20-25,31-32H,1,8-18H2,2-7H3;4-6,8H,7H2,1-3H3,(H,13,14);4-7,11H,1-3H3;1-3H2;1H2,(H,4,5);;1H2/q;;;;;;+1;/p-1/t30-,31?,33?,34?,35-,37?,39-,40+,41+,42+;20-,21?,22?,23?,24-,25?,27-,28+,29+,30+;;;;;;/m00....../s1. The zero-order valence-corrected chi connectivity index (χ0v) is 77.8. The summed E-state index contributed by atoms with van der Waals surface area (Å²) in [6.07, 6.45) is 28.3. The Bertz CT molecular complexity index is 3780. The summed E-state index contributed by atoms with van der Waals surface area (Å²) in [6, 6.07) is 18.0. The molecule has 13 nitrogen and oxygen atoms in total. The number of phenols is 1. The number of esters is 1. The number of halogens is 1. The molecule has 3 aromatic carbocycles. The predicted molar refractivity (Wildman–Crippen MR) is 458 cm³/mol. The Morgan fingerprint density at radius 2 is 0.860 bits per heavy atom. The van der Waals surface area contributed by atoms with Gasteiger partial charge in [-0.2, -0.15) is 0 Å². The smallest absolute Gasteiger partial charge is 0.870 e. The Morgan fingerprint density at radius 1 is 0.482 bits per heavy atom. The second-order valence-electron chi connectivity index (χ2n) is 41.8. The van der Waals surface area contributed by atoms with Crippen LogP contribution in [0, 0.1) is 134 Å². The molecule has 0 aliphatic heterocycles. The van der Waals surface area contributed by atoms with Crippen molar-refractivity contribution >= 4 is 29.5 Å². The normalized spacial score (nSPS) is 36.5. The Hall–Kier alpha value is -3.92. The van der Waals surface area contributed by atoms with Gasteiger partial charge in [-0.1, -0.05) is 191 Å². The number of aryl methyl sites for hydroxylation is 3. The Kier molecular flexibility index (Phi) is 32.4. The molecule has 20 atom stereocenters. The number of ether oxygens (including phenoxy) is 3. The van der Waals surface area contributed by atoms with E-state index in [1.807, 2.05) is 51.1 Å². The zero-order valence-electron chi connectivity index (χ0n) is 75.0. The minimum absolute atomic E-state index is 0. The van der Waals surface area contributed by atoms with Gasteiger partial charge in [-0.25, -0.2) is 9.59 Å². The molecule has 114 heavy (non-hydrogen) atoms. The van der Waals surface area contributed by atoms with Crippen molar-refractivity contribution in [2.45, 2.75) is 323 Å². The first-order chi connectivity index (χ1) is 52.3. The van der Waals surface area contributed by atoms with Crippen LogP contribution >= 0.6 is 11.6 Å². The van der Waals surface area contributed by atoms with Gasteiger partial charge in [0.15, 0.2) is 13.2 Å². The predicted octanol–water partition coefficient (Wildman–Crippen LogP) is 20.8. The van der Waals surface area contributed by atoms with Crippen molar-refractivity contribution < 1.29 is 94.3 Å². The molecule has 8 unspecified atom stereocenters. The third-order valence-electron chi connectivity index (χ3n) is 34.1. The van der Waals surface area contributed by atoms with E-state index in [1.54, 1.807) is 0 Å². The maximum atomic E-state index is 13.2. The van der Waals surface area contributed by atoms with Crippen molar-refractivity contribution in [3.05, 3.63) is 112 Å². The summed E-state index contributed by atoms with van der Waals surface area (Å²) in [4.78, 5) is 32.9. The number of aliphatic hydroxyl groups excluding tert-OH is 3. The average molecular weight is 1610 g/mol. The number of carbonyl (C=O) groups is 3. The van der Waals surface area contributed by atoms with Gasteiger partial charge in [-0.3, -0.25) is 4.79 Å². The van der Waals surface area contributed by atoms with Gasteiger partial charge >= 0.3 is 47.5 Å². The Balaban J connectivity index is 0.000000227. The van der Waals surface area contributed by atoms with Crippen LogP contribution in [0.15, 0.2) is 78.9 Å². The van der Waals surface area contributed by atoms with E-state index in [0.29, 0.717) is 106 Å². The van der Waals surface area contributed by atoms with Crippen molar-refractivity contribution in [1.29, 1.82) is 0 Å². The van der Waals surface area contributed by atoms with Crippen molar-refractivity contribution in [1.82, 2.24) is 0 Å². The molecule has 15 heteroatoms. The van der Waals surface area contributed by atoms with Gasteiger partial charge in [0.05, 0.1) is 18.8 Å². The average Bonchev–Trinajstić information content (AvgIpc) is 1.10. The summed E-state index contributed by atoms with van der Waals surface area (Å²) in [5.74, 6) is 6.88. The number of aliphatic carboxylic acids is 2. The third-order valence-corrected chi connectivity index (χ3v) is 34.3. The number of aromatic hydroxyl groups is 1. The minimum atomic E-state index is -0.980. The van der Waals surface area contributed by atoms with Crippen molar-refractivity contribution in [3.8, 4) is 17.2 Å². The van der Waals surface area contributed by atoms with E-state index in [9.17, 15) is 34.8 Å². The monoisotopic (exact) mass is 1610 g/mol. The summed E-state index contributed by atoms with van der Waals surface area (Å²) in [5, 5.41) is 58.1. The van der Waals surface area contributed by atoms with Gasteiger partial charge in [0.2, 0.25) is 0 Å². The number of carboxylic acids is 2. The fourth-order valence-electron chi connectivity index (χ4n) is 26.9. The fourth-order valence-corrected chi connectivity index (χ4v) is 26.9. The van der Waals surface area contributed by atoms with Crippen LogP contribution in [0.1, 0.15) is 323 Å². The molecule has 11 aliphatic carbocycles. The zero-order chi connectivity index (χ0) is 83.0. The van der Waals surface area contributed by atoms with E-state index >= 15 is 0 Å². The second-order valence-corrected chi connectivity index (χ2v) is 42.1. The van der Waals surface area contributed by atoms with E-state index in [1.165, 1.54) is 131 Å². The first-order valence-electron chi connectivity index (χ1n) is 44.0. The molecule has 0 aromatic heterocycles. The first kappa shape index (κ1) is 97.2. The molecule has 0 saturated heterocycles. The van der Waals surface area contributed by atoms with Gasteiger partial charge in [0, 0.05) is 12.0 Å².